The van der Waals surface area contributed by atoms with Crippen LogP contribution in [0.2, 0.25) is 0 Å². The lowest BCUT2D eigenvalue weighted by molar-refractivity contribution is -0.139. The van der Waals surface area contributed by atoms with Crippen molar-refractivity contribution in [2.24, 2.45) is 0 Å². The molecule has 1 aliphatic rings. The lowest BCUT2D eigenvalue weighted by Gasteiger charge is -2.35. The van der Waals surface area contributed by atoms with Crippen LogP contribution in [0, 0.1) is 0 Å². The molecule has 7 nitrogen and oxygen atoms in total. The quantitative estimate of drug-likeness (QED) is 0.774. The normalized spacial score (nSPS) is 16.6. The van der Waals surface area contributed by atoms with Crippen LogP contribution in [0.15, 0.2) is 65.9 Å². The molecule has 0 saturated carbocycles. The number of hydrogen-bond acceptors (Lipinski definition) is 4. The highest BCUT2D eigenvalue weighted by Gasteiger charge is 2.37. The summed E-state index contributed by atoms with van der Waals surface area (Å²) in [5.74, 6) is -1.64. The average Bonchev–Trinajstić information content (AvgIpc) is 2.68. The maximum atomic E-state index is 12.9. The van der Waals surface area contributed by atoms with Crippen molar-refractivity contribution in [2.45, 2.75) is 19.9 Å². The fraction of sp³-hybridized carbons (Fsp3) is 0.190. The number of amides is 2. The van der Waals surface area contributed by atoms with Gasteiger partial charge in [0.1, 0.15) is 0 Å². The van der Waals surface area contributed by atoms with Crippen molar-refractivity contribution in [2.75, 3.05) is 11.5 Å². The monoisotopic (exact) mass is 380 g/mol. The number of nitrogens with zero attached hydrogens (tertiary/aromatic N) is 1. The lowest BCUT2D eigenvalue weighted by atomic mass is 9.94. The average molecular weight is 380 g/mol. The van der Waals surface area contributed by atoms with Crippen LogP contribution in [0.25, 0.3) is 0 Å². The molecule has 1 heterocycles. The number of carboxylic acid groups (broad SMARTS) is 1. The van der Waals surface area contributed by atoms with E-state index in [-0.39, 0.29) is 12.2 Å². The molecule has 0 radical (unpaired) electrons. The zero-order valence-corrected chi connectivity index (χ0v) is 15.5. The molecule has 0 aromatic heterocycles. The Labute approximate surface area is 162 Å². The summed E-state index contributed by atoms with van der Waals surface area (Å²) in [6, 6.07) is 14.0. The Hall–Kier alpha value is -3.61. The van der Waals surface area contributed by atoms with E-state index in [2.05, 4.69) is 5.32 Å². The summed E-state index contributed by atoms with van der Waals surface area (Å²) in [6.07, 6.45) is 0. The van der Waals surface area contributed by atoms with Gasteiger partial charge in [-0.3, -0.25) is 4.90 Å². The third-order valence-electron chi connectivity index (χ3n) is 4.46. The van der Waals surface area contributed by atoms with E-state index >= 15 is 0 Å². The first kappa shape index (κ1) is 19.2. The highest BCUT2D eigenvalue weighted by Crippen LogP contribution is 2.34. The largest absolute Gasteiger partial charge is 0.478 e. The highest BCUT2D eigenvalue weighted by molar-refractivity contribution is 6.03. The van der Waals surface area contributed by atoms with E-state index in [1.54, 1.807) is 26.0 Å². The van der Waals surface area contributed by atoms with Crippen molar-refractivity contribution in [3.8, 4) is 0 Å². The number of hydrogen-bond donors (Lipinski definition) is 2. The molecule has 2 amide bonds. The number of carboxylic acids is 1. The van der Waals surface area contributed by atoms with Gasteiger partial charge in [-0.2, -0.15) is 0 Å². The van der Waals surface area contributed by atoms with Crippen LogP contribution in [-0.2, 0) is 9.53 Å². The minimum atomic E-state index is -1.10. The summed E-state index contributed by atoms with van der Waals surface area (Å²) in [7, 11) is 0. The van der Waals surface area contributed by atoms with Crippen LogP contribution < -0.4 is 10.2 Å². The van der Waals surface area contributed by atoms with E-state index in [9.17, 15) is 19.5 Å². The molecule has 1 unspecified atom stereocenters. The Balaban J connectivity index is 2.13. The highest BCUT2D eigenvalue weighted by atomic mass is 16.5. The second kappa shape index (κ2) is 7.96. The van der Waals surface area contributed by atoms with E-state index in [1.165, 1.54) is 17.0 Å². The lowest BCUT2D eigenvalue weighted by Crippen LogP contribution is -2.48. The van der Waals surface area contributed by atoms with Crippen LogP contribution in [0.3, 0.4) is 0 Å². The number of ether oxygens (including phenoxy) is 1. The van der Waals surface area contributed by atoms with Gasteiger partial charge in [-0.15, -0.1) is 0 Å². The topological polar surface area (TPSA) is 95.9 Å². The molecule has 0 fully saturated rings. The SMILES string of the molecule is CCOC(=O)C1=C(C)N(c2cccc(C(=O)O)c2)C(=O)NC1c1ccccc1. The fourth-order valence-corrected chi connectivity index (χ4v) is 3.20. The molecule has 144 valence electrons. The van der Waals surface area contributed by atoms with E-state index in [0.717, 1.165) is 5.56 Å². The van der Waals surface area contributed by atoms with Gasteiger partial charge in [0.25, 0.3) is 0 Å². The van der Waals surface area contributed by atoms with Gasteiger partial charge >= 0.3 is 18.0 Å². The summed E-state index contributed by atoms with van der Waals surface area (Å²) in [5, 5.41) is 12.1. The molecule has 3 rings (SSSR count). The zero-order valence-electron chi connectivity index (χ0n) is 15.5. The first-order chi connectivity index (χ1) is 13.4. The molecule has 0 aliphatic carbocycles. The summed E-state index contributed by atoms with van der Waals surface area (Å²) in [4.78, 5) is 38.2. The second-order valence-electron chi connectivity index (χ2n) is 6.20. The van der Waals surface area contributed by atoms with Crippen molar-refractivity contribution in [1.29, 1.82) is 0 Å². The van der Waals surface area contributed by atoms with Crippen LogP contribution in [0.1, 0.15) is 35.8 Å². The van der Waals surface area contributed by atoms with Gasteiger partial charge in [-0.25, -0.2) is 14.4 Å². The molecular formula is C21H20N2O5. The molecule has 1 atom stereocenters. The molecule has 2 aromatic rings. The van der Waals surface area contributed by atoms with Gasteiger partial charge in [0.2, 0.25) is 0 Å². The molecule has 2 aromatic carbocycles. The third kappa shape index (κ3) is 3.59. The Morgan fingerprint density at radius 2 is 1.86 bits per heavy atom. The first-order valence-corrected chi connectivity index (χ1v) is 8.80. The Morgan fingerprint density at radius 1 is 1.14 bits per heavy atom. The number of benzene rings is 2. The number of allylic oxidation sites excluding steroid dienone is 1. The van der Waals surface area contributed by atoms with Crippen molar-refractivity contribution in [1.82, 2.24) is 5.32 Å². The van der Waals surface area contributed by atoms with Gasteiger partial charge in [-0.1, -0.05) is 36.4 Å². The number of anilines is 1. The first-order valence-electron chi connectivity index (χ1n) is 8.80. The van der Waals surface area contributed by atoms with E-state index in [0.29, 0.717) is 17.0 Å². The molecular weight excluding hydrogens is 360 g/mol. The molecule has 1 aliphatic heterocycles. The molecule has 28 heavy (non-hydrogen) atoms. The summed E-state index contributed by atoms with van der Waals surface area (Å²) in [6.45, 7) is 3.55. The number of aromatic carboxylic acids is 1. The van der Waals surface area contributed by atoms with Crippen LogP contribution in [-0.4, -0.2) is 29.7 Å². The predicted octanol–water partition coefficient (Wildman–Crippen LogP) is 3.49. The third-order valence-corrected chi connectivity index (χ3v) is 4.46. The van der Waals surface area contributed by atoms with Gasteiger partial charge < -0.3 is 15.2 Å². The minimum absolute atomic E-state index is 0.0426. The van der Waals surface area contributed by atoms with Gasteiger partial charge in [-0.05, 0) is 37.6 Å². The molecule has 0 spiro atoms. The number of rotatable bonds is 5. The molecule has 2 N–H and O–H groups in total. The summed E-state index contributed by atoms with van der Waals surface area (Å²) >= 11 is 0. The van der Waals surface area contributed by atoms with Gasteiger partial charge in [0.05, 0.1) is 29.5 Å². The maximum absolute atomic E-state index is 12.9. The Kier molecular flexibility index (Phi) is 5.44. The Bertz CT molecular complexity index is 952. The van der Waals surface area contributed by atoms with Crippen molar-refractivity contribution in [3.63, 3.8) is 0 Å². The van der Waals surface area contributed by atoms with Crippen molar-refractivity contribution < 1.29 is 24.2 Å². The molecule has 0 bridgehead atoms. The van der Waals surface area contributed by atoms with E-state index in [4.69, 9.17) is 4.74 Å². The molecule has 7 heteroatoms. The smallest absolute Gasteiger partial charge is 0.338 e. The van der Waals surface area contributed by atoms with Gasteiger partial charge in [0, 0.05) is 5.70 Å². The van der Waals surface area contributed by atoms with E-state index in [1.807, 2.05) is 30.3 Å². The summed E-state index contributed by atoms with van der Waals surface area (Å²) < 4.78 is 5.22. The number of esters is 1. The van der Waals surface area contributed by atoms with Crippen LogP contribution in [0.5, 0.6) is 0 Å². The number of urea groups is 1. The van der Waals surface area contributed by atoms with Crippen molar-refractivity contribution in [3.05, 3.63) is 77.0 Å². The zero-order chi connectivity index (χ0) is 20.3. The number of carbonyl (C=O) groups excluding carboxylic acids is 2. The predicted molar refractivity (Wildman–Crippen MR) is 103 cm³/mol. The van der Waals surface area contributed by atoms with Crippen LogP contribution in [0.4, 0.5) is 10.5 Å². The van der Waals surface area contributed by atoms with Crippen molar-refractivity contribution >= 4 is 23.7 Å². The fourth-order valence-electron chi connectivity index (χ4n) is 3.20. The van der Waals surface area contributed by atoms with E-state index < -0.39 is 24.0 Å². The second-order valence-corrected chi connectivity index (χ2v) is 6.20. The Morgan fingerprint density at radius 3 is 2.50 bits per heavy atom. The summed E-state index contributed by atoms with van der Waals surface area (Å²) in [5.41, 5.74) is 1.83. The van der Waals surface area contributed by atoms with Gasteiger partial charge in [0.15, 0.2) is 0 Å². The van der Waals surface area contributed by atoms with Crippen LogP contribution >= 0.6 is 0 Å². The number of carbonyl (C=O) groups is 3. The maximum Gasteiger partial charge on any atom is 0.338 e. The minimum Gasteiger partial charge on any atom is -0.478 e. The standard InChI is InChI=1S/C21H20N2O5/c1-3-28-20(26)17-13(2)23(16-11-7-10-15(12-16)19(24)25)21(27)22-18(17)14-8-5-4-6-9-14/h4-12,18H,3H2,1-2H3,(H,22,27)(H,24,25). The number of nitrogens with one attached hydrogen (secondary N) is 1. The molecule has 0 saturated heterocycles.